The number of ether oxygens (including phenoxy) is 1. The fourth-order valence-electron chi connectivity index (χ4n) is 2.49. The van der Waals surface area contributed by atoms with Gasteiger partial charge in [-0.3, -0.25) is 0 Å². The van der Waals surface area contributed by atoms with Crippen molar-refractivity contribution in [1.29, 1.82) is 0 Å². The first-order chi connectivity index (χ1) is 12.5. The average Bonchev–Trinajstić information content (AvgIpc) is 2.97. The van der Waals surface area contributed by atoms with E-state index < -0.39 is 0 Å². The molecule has 0 fully saturated rings. The van der Waals surface area contributed by atoms with Gasteiger partial charge in [0.2, 0.25) is 0 Å². The molecule has 0 aliphatic rings. The second kappa shape index (κ2) is 8.10. The monoisotopic (exact) mass is 391 g/mol. The van der Waals surface area contributed by atoms with Gasteiger partial charge in [0.05, 0.1) is 0 Å². The van der Waals surface area contributed by atoms with Gasteiger partial charge in [0.15, 0.2) is 11.0 Å². The van der Waals surface area contributed by atoms with Crippen LogP contribution in [0.2, 0.25) is 5.02 Å². The van der Waals surface area contributed by atoms with Crippen molar-refractivity contribution < 1.29 is 9.13 Å². The molecule has 0 amide bonds. The van der Waals surface area contributed by atoms with E-state index >= 15 is 0 Å². The van der Waals surface area contributed by atoms with Gasteiger partial charge in [-0.05, 0) is 48.7 Å². The average molecular weight is 392 g/mol. The lowest BCUT2D eigenvalue weighted by Crippen LogP contribution is -2.04. The highest BCUT2D eigenvalue weighted by molar-refractivity contribution is 7.98. The molecule has 1 aromatic heterocycles. The first-order valence-electron chi connectivity index (χ1n) is 8.09. The number of nitrogens with zero attached hydrogens (tertiary/aromatic N) is 3. The zero-order chi connectivity index (χ0) is 18.7. The van der Waals surface area contributed by atoms with Crippen molar-refractivity contribution in [1.82, 2.24) is 14.8 Å². The lowest BCUT2D eigenvalue weighted by Gasteiger charge is -2.10. The molecular formula is C19H19ClFN3OS. The van der Waals surface area contributed by atoms with E-state index in [4.69, 9.17) is 16.3 Å². The second-order valence-corrected chi connectivity index (χ2v) is 7.32. The van der Waals surface area contributed by atoms with Gasteiger partial charge in [-0.1, -0.05) is 41.6 Å². The zero-order valence-corrected chi connectivity index (χ0v) is 16.4. The molecule has 3 aromatic rings. The van der Waals surface area contributed by atoms with Crippen LogP contribution in [0.3, 0.4) is 0 Å². The van der Waals surface area contributed by atoms with E-state index in [1.165, 1.54) is 17.8 Å². The van der Waals surface area contributed by atoms with E-state index in [2.05, 4.69) is 10.2 Å². The summed E-state index contributed by atoms with van der Waals surface area (Å²) in [6, 6.07) is 10.5. The molecule has 1 heterocycles. The Labute approximate surface area is 161 Å². The Bertz CT molecular complexity index is 906. The molecule has 3 rings (SSSR count). The van der Waals surface area contributed by atoms with Gasteiger partial charge in [0.1, 0.15) is 18.2 Å². The summed E-state index contributed by atoms with van der Waals surface area (Å²) in [6.45, 7) is 4.19. The summed E-state index contributed by atoms with van der Waals surface area (Å²) in [7, 11) is 1.88. The molecule has 0 N–H and O–H groups in total. The highest BCUT2D eigenvalue weighted by atomic mass is 35.5. The third kappa shape index (κ3) is 4.19. The summed E-state index contributed by atoms with van der Waals surface area (Å²) >= 11 is 7.62. The highest BCUT2D eigenvalue weighted by Gasteiger charge is 2.12. The molecule has 0 aliphatic carbocycles. The van der Waals surface area contributed by atoms with Crippen LogP contribution in [-0.4, -0.2) is 14.8 Å². The minimum atomic E-state index is -0.209. The molecule has 0 aliphatic heterocycles. The van der Waals surface area contributed by atoms with Gasteiger partial charge in [0, 0.05) is 17.8 Å². The topological polar surface area (TPSA) is 39.9 Å². The fourth-order valence-corrected chi connectivity index (χ4v) is 3.52. The Morgan fingerprint density at radius 2 is 1.85 bits per heavy atom. The van der Waals surface area contributed by atoms with Crippen LogP contribution in [0.1, 0.15) is 22.5 Å². The zero-order valence-electron chi connectivity index (χ0n) is 14.8. The molecule has 7 heteroatoms. The molecule has 2 aromatic carbocycles. The minimum absolute atomic E-state index is 0.209. The molecule has 4 nitrogen and oxygen atoms in total. The van der Waals surface area contributed by atoms with E-state index in [9.17, 15) is 4.39 Å². The number of aromatic nitrogens is 3. The summed E-state index contributed by atoms with van der Waals surface area (Å²) < 4.78 is 21.4. The van der Waals surface area contributed by atoms with Crippen molar-refractivity contribution in [2.24, 2.45) is 7.05 Å². The summed E-state index contributed by atoms with van der Waals surface area (Å²) in [5.74, 6) is 1.73. The Morgan fingerprint density at radius 3 is 2.54 bits per heavy atom. The minimum Gasteiger partial charge on any atom is -0.486 e. The molecule has 0 unspecified atom stereocenters. The van der Waals surface area contributed by atoms with E-state index in [-0.39, 0.29) is 5.82 Å². The molecule has 0 atom stereocenters. The summed E-state index contributed by atoms with van der Waals surface area (Å²) in [5, 5.41) is 9.82. The first-order valence-corrected chi connectivity index (χ1v) is 9.46. The summed E-state index contributed by atoms with van der Waals surface area (Å²) in [4.78, 5) is 0. The van der Waals surface area contributed by atoms with Crippen molar-refractivity contribution in [3.8, 4) is 5.75 Å². The maximum absolute atomic E-state index is 13.7. The van der Waals surface area contributed by atoms with Crippen LogP contribution in [-0.2, 0) is 19.4 Å². The van der Waals surface area contributed by atoms with Crippen molar-refractivity contribution in [3.63, 3.8) is 0 Å². The fraction of sp³-hybridized carbons (Fsp3) is 0.263. The quantitative estimate of drug-likeness (QED) is 0.548. The van der Waals surface area contributed by atoms with E-state index in [1.807, 2.05) is 43.7 Å². The molecule has 0 bridgehead atoms. The number of rotatable bonds is 6. The maximum atomic E-state index is 13.7. The molecule has 0 saturated heterocycles. The number of thioether (sulfide) groups is 1. The Morgan fingerprint density at radius 1 is 1.15 bits per heavy atom. The third-order valence-corrected chi connectivity index (χ3v) is 5.68. The van der Waals surface area contributed by atoms with Crippen LogP contribution < -0.4 is 4.74 Å². The smallest absolute Gasteiger partial charge is 0.191 e. The first kappa shape index (κ1) is 18.7. The lowest BCUT2D eigenvalue weighted by atomic mass is 10.1. The number of aryl methyl sites for hydroxylation is 2. The van der Waals surface area contributed by atoms with Crippen LogP contribution in [0.15, 0.2) is 41.6 Å². The van der Waals surface area contributed by atoms with Crippen LogP contribution in [0.25, 0.3) is 0 Å². The van der Waals surface area contributed by atoms with Crippen molar-refractivity contribution >= 4 is 23.4 Å². The van der Waals surface area contributed by atoms with Gasteiger partial charge >= 0.3 is 0 Å². The number of halogens is 2. The number of hydrogen-bond donors (Lipinski definition) is 0. The van der Waals surface area contributed by atoms with Crippen molar-refractivity contribution in [2.45, 2.75) is 31.4 Å². The molecule has 0 radical (unpaired) electrons. The van der Waals surface area contributed by atoms with Crippen LogP contribution in [0.4, 0.5) is 4.39 Å². The Kier molecular flexibility index (Phi) is 5.84. The molecule has 136 valence electrons. The van der Waals surface area contributed by atoms with Crippen LogP contribution in [0, 0.1) is 19.7 Å². The molecular weight excluding hydrogens is 373 g/mol. The molecule has 0 saturated carbocycles. The van der Waals surface area contributed by atoms with E-state index in [1.54, 1.807) is 12.1 Å². The van der Waals surface area contributed by atoms with Gasteiger partial charge in [-0.2, -0.15) is 0 Å². The number of benzene rings is 2. The predicted octanol–water partition coefficient (Wildman–Crippen LogP) is 5.10. The summed E-state index contributed by atoms with van der Waals surface area (Å²) in [5.41, 5.74) is 2.59. The second-order valence-electron chi connectivity index (χ2n) is 6.00. The van der Waals surface area contributed by atoms with Gasteiger partial charge < -0.3 is 9.30 Å². The standard InChI is InChI=1S/C19H19ClFN3OS/c1-12-8-15(9-13(2)18(12)20)25-10-17-22-23-19(24(17)3)26-11-14-6-4-5-7-16(14)21/h4-9H,10-11H2,1-3H3. The normalized spacial score (nSPS) is 11.0. The van der Waals surface area contributed by atoms with Crippen molar-refractivity contribution in [3.05, 3.63) is 69.8 Å². The van der Waals surface area contributed by atoms with E-state index in [0.29, 0.717) is 23.7 Å². The summed E-state index contributed by atoms with van der Waals surface area (Å²) in [6.07, 6.45) is 0. The van der Waals surface area contributed by atoms with Crippen LogP contribution in [0.5, 0.6) is 5.75 Å². The van der Waals surface area contributed by atoms with Gasteiger partial charge in [-0.15, -0.1) is 10.2 Å². The van der Waals surface area contributed by atoms with Gasteiger partial charge in [0.25, 0.3) is 0 Å². The maximum Gasteiger partial charge on any atom is 0.191 e. The Balaban J connectivity index is 1.65. The largest absolute Gasteiger partial charge is 0.486 e. The van der Waals surface area contributed by atoms with Crippen LogP contribution >= 0.6 is 23.4 Å². The Hall–Kier alpha value is -2.05. The van der Waals surface area contributed by atoms with Crippen molar-refractivity contribution in [2.75, 3.05) is 0 Å². The third-order valence-electron chi connectivity index (χ3n) is 4.02. The van der Waals surface area contributed by atoms with E-state index in [0.717, 1.165) is 27.1 Å². The van der Waals surface area contributed by atoms with Gasteiger partial charge in [-0.25, -0.2) is 4.39 Å². The predicted molar refractivity (Wildman–Crippen MR) is 102 cm³/mol. The highest BCUT2D eigenvalue weighted by Crippen LogP contribution is 2.27. The molecule has 0 spiro atoms. The molecule has 26 heavy (non-hydrogen) atoms. The number of hydrogen-bond acceptors (Lipinski definition) is 4. The SMILES string of the molecule is Cc1cc(OCc2nnc(SCc3ccccc3F)n2C)cc(C)c1Cl. The lowest BCUT2D eigenvalue weighted by molar-refractivity contribution is 0.290.